The summed E-state index contributed by atoms with van der Waals surface area (Å²) in [6.45, 7) is 0. The van der Waals surface area contributed by atoms with E-state index >= 15 is 0 Å². The quantitative estimate of drug-likeness (QED) is 0.350. The molecule has 0 bridgehead atoms. The number of benzene rings is 1. The molecule has 4 heterocycles. The number of hydrogen-bond acceptors (Lipinski definition) is 5. The second-order valence-corrected chi connectivity index (χ2v) is 9.69. The van der Waals surface area contributed by atoms with Gasteiger partial charge in [-0.3, -0.25) is 9.20 Å². The molecule has 1 aromatic carbocycles. The average Bonchev–Trinajstić information content (AvgIpc) is 3.44. The second-order valence-electron chi connectivity index (χ2n) is 7.35. The van der Waals surface area contributed by atoms with E-state index in [1.165, 1.54) is 16.8 Å². The van der Waals surface area contributed by atoms with Crippen molar-refractivity contribution in [2.75, 3.05) is 0 Å². The normalized spacial score (nSPS) is 11.9. The first-order chi connectivity index (χ1) is 15.4. The molecule has 0 amide bonds. The summed E-state index contributed by atoms with van der Waals surface area (Å²) in [5.41, 5.74) is 2.77. The van der Waals surface area contributed by atoms with Gasteiger partial charge < -0.3 is 4.40 Å². The zero-order valence-electron chi connectivity index (χ0n) is 16.7. The maximum absolute atomic E-state index is 13.1. The van der Waals surface area contributed by atoms with E-state index in [4.69, 9.17) is 11.6 Å². The van der Waals surface area contributed by atoms with Crippen molar-refractivity contribution in [2.24, 2.45) is 0 Å². The van der Waals surface area contributed by atoms with Crippen LogP contribution >= 0.6 is 11.6 Å². The van der Waals surface area contributed by atoms with Gasteiger partial charge in [-0.1, -0.05) is 23.7 Å². The van der Waals surface area contributed by atoms with E-state index in [9.17, 15) is 13.2 Å². The summed E-state index contributed by atoms with van der Waals surface area (Å²) in [6.07, 6.45) is 8.92. The van der Waals surface area contributed by atoms with Gasteiger partial charge >= 0.3 is 0 Å². The summed E-state index contributed by atoms with van der Waals surface area (Å²) in [7, 11) is -3.78. The van der Waals surface area contributed by atoms with E-state index in [1.54, 1.807) is 71.5 Å². The van der Waals surface area contributed by atoms with Crippen molar-refractivity contribution in [1.82, 2.24) is 18.8 Å². The maximum Gasteiger partial charge on any atom is 0.223 e. The topological polar surface area (TPSA) is 85.8 Å². The van der Waals surface area contributed by atoms with Crippen LogP contribution in [0.3, 0.4) is 0 Å². The number of carbonyl (C=O) groups excluding carboxylic acids is 1. The largest absolute Gasteiger partial charge is 0.306 e. The second kappa shape index (κ2) is 7.89. The van der Waals surface area contributed by atoms with Crippen LogP contribution in [-0.4, -0.2) is 33.0 Å². The van der Waals surface area contributed by atoms with Crippen LogP contribution in [0.2, 0.25) is 5.02 Å². The number of ketones is 1. The number of rotatable bonds is 6. The molecule has 0 saturated heterocycles. The van der Waals surface area contributed by atoms with Gasteiger partial charge in [-0.2, -0.15) is 0 Å². The molecule has 0 aliphatic carbocycles. The molecule has 0 aliphatic rings. The summed E-state index contributed by atoms with van der Waals surface area (Å²) in [4.78, 5) is 21.0. The Labute approximate surface area is 188 Å². The highest BCUT2D eigenvalue weighted by Crippen LogP contribution is 2.24. The predicted octanol–water partition coefficient (Wildman–Crippen LogP) is 4.28. The summed E-state index contributed by atoms with van der Waals surface area (Å²) < 4.78 is 29.5. The van der Waals surface area contributed by atoms with Crippen LogP contribution in [0, 0.1) is 0 Å². The molecule has 0 aliphatic heterocycles. The molecule has 0 spiro atoms. The van der Waals surface area contributed by atoms with Crippen molar-refractivity contribution in [3.63, 3.8) is 0 Å². The van der Waals surface area contributed by atoms with Crippen molar-refractivity contribution >= 4 is 38.5 Å². The summed E-state index contributed by atoms with van der Waals surface area (Å²) >= 11 is 6.02. The standard InChI is InChI=1S/C23H17ClN4O3S/c24-18-5-10-22-26-13-23(28(22)15-18)32(30,31)19-6-1-16(2-7-19)3-8-20(29)17-4-9-21-25-11-12-27(21)14-17/h1-2,4-7,9-15H,3,8H2. The Balaban J connectivity index is 1.33. The Bertz CT molecular complexity index is 1570. The van der Waals surface area contributed by atoms with E-state index in [0.717, 1.165) is 11.2 Å². The predicted molar refractivity (Wildman–Crippen MR) is 120 cm³/mol. The number of Topliss-reactive ketones (excluding diaryl/α,β-unsaturated/α-hetero) is 1. The van der Waals surface area contributed by atoms with Gasteiger partial charge in [0.2, 0.25) is 9.84 Å². The Kier molecular flexibility index (Phi) is 5.03. The zero-order valence-corrected chi connectivity index (χ0v) is 18.3. The lowest BCUT2D eigenvalue weighted by Crippen LogP contribution is -2.06. The third-order valence-electron chi connectivity index (χ3n) is 5.30. The Morgan fingerprint density at radius 2 is 1.72 bits per heavy atom. The van der Waals surface area contributed by atoms with E-state index < -0.39 is 9.84 Å². The number of fused-ring (bicyclic) bond motifs is 2. The van der Waals surface area contributed by atoms with Crippen LogP contribution < -0.4 is 0 Å². The van der Waals surface area contributed by atoms with Crippen LogP contribution in [0.1, 0.15) is 22.3 Å². The highest BCUT2D eigenvalue weighted by Gasteiger charge is 2.22. The third kappa shape index (κ3) is 3.68. The molecular formula is C23H17ClN4O3S. The zero-order chi connectivity index (χ0) is 22.3. The smallest absolute Gasteiger partial charge is 0.223 e. The third-order valence-corrected chi connectivity index (χ3v) is 7.27. The molecule has 9 heteroatoms. The fourth-order valence-electron chi connectivity index (χ4n) is 3.57. The molecule has 0 N–H and O–H groups in total. The minimum absolute atomic E-state index is 0.0138. The van der Waals surface area contributed by atoms with Gasteiger partial charge in [-0.05, 0) is 48.4 Å². The Morgan fingerprint density at radius 3 is 2.53 bits per heavy atom. The number of imidazole rings is 2. The molecular weight excluding hydrogens is 448 g/mol. The lowest BCUT2D eigenvalue weighted by Gasteiger charge is -2.07. The van der Waals surface area contributed by atoms with Crippen molar-refractivity contribution in [3.05, 3.63) is 95.7 Å². The first-order valence-electron chi connectivity index (χ1n) is 9.84. The van der Waals surface area contributed by atoms with Crippen LogP contribution in [0.25, 0.3) is 11.3 Å². The number of aromatic nitrogens is 4. The molecule has 0 atom stereocenters. The SMILES string of the molecule is O=C(CCc1ccc(S(=O)(=O)c2cnc3ccc(Cl)cn23)cc1)c1ccc2nccn2c1. The number of carbonyl (C=O) groups is 1. The molecule has 32 heavy (non-hydrogen) atoms. The van der Waals surface area contributed by atoms with Gasteiger partial charge in [0, 0.05) is 36.8 Å². The number of halogens is 1. The highest BCUT2D eigenvalue weighted by molar-refractivity contribution is 7.91. The lowest BCUT2D eigenvalue weighted by atomic mass is 10.0. The van der Waals surface area contributed by atoms with Crippen molar-refractivity contribution in [3.8, 4) is 0 Å². The van der Waals surface area contributed by atoms with Gasteiger partial charge in [-0.15, -0.1) is 0 Å². The molecule has 160 valence electrons. The lowest BCUT2D eigenvalue weighted by molar-refractivity contribution is 0.0982. The van der Waals surface area contributed by atoms with Gasteiger partial charge in [0.1, 0.15) is 11.3 Å². The molecule has 4 aromatic heterocycles. The number of pyridine rings is 2. The average molecular weight is 465 g/mol. The molecule has 0 saturated carbocycles. The van der Waals surface area contributed by atoms with Crippen molar-refractivity contribution in [1.29, 1.82) is 0 Å². The fourth-order valence-corrected chi connectivity index (χ4v) is 5.07. The Hall–Kier alpha value is -3.49. The van der Waals surface area contributed by atoms with E-state index in [2.05, 4.69) is 9.97 Å². The first-order valence-corrected chi connectivity index (χ1v) is 11.7. The van der Waals surface area contributed by atoms with Crippen molar-refractivity contribution < 1.29 is 13.2 Å². The van der Waals surface area contributed by atoms with Crippen molar-refractivity contribution in [2.45, 2.75) is 22.8 Å². The van der Waals surface area contributed by atoms with Gasteiger partial charge in [0.15, 0.2) is 10.8 Å². The number of aryl methyl sites for hydroxylation is 1. The van der Waals surface area contributed by atoms with E-state index in [0.29, 0.717) is 29.1 Å². The molecule has 0 radical (unpaired) electrons. The molecule has 0 unspecified atom stereocenters. The fraction of sp³-hybridized carbons (Fsp3) is 0.0870. The van der Waals surface area contributed by atoms with E-state index in [-0.39, 0.29) is 15.7 Å². The monoisotopic (exact) mass is 464 g/mol. The van der Waals surface area contributed by atoms with Crippen LogP contribution in [0.4, 0.5) is 0 Å². The van der Waals surface area contributed by atoms with Gasteiger partial charge in [-0.25, -0.2) is 18.4 Å². The van der Waals surface area contributed by atoms with Gasteiger partial charge in [0.05, 0.1) is 16.1 Å². The minimum Gasteiger partial charge on any atom is -0.306 e. The highest BCUT2D eigenvalue weighted by atomic mass is 35.5. The van der Waals surface area contributed by atoms with E-state index in [1.807, 2.05) is 0 Å². The molecule has 5 aromatic rings. The molecule has 7 nitrogen and oxygen atoms in total. The maximum atomic E-state index is 13.1. The number of hydrogen-bond donors (Lipinski definition) is 0. The summed E-state index contributed by atoms with van der Waals surface area (Å²) in [5.74, 6) is 0.0138. The van der Waals surface area contributed by atoms with Crippen LogP contribution in [0.5, 0.6) is 0 Å². The molecule has 0 fully saturated rings. The van der Waals surface area contributed by atoms with Gasteiger partial charge in [0.25, 0.3) is 0 Å². The number of sulfone groups is 1. The van der Waals surface area contributed by atoms with Crippen LogP contribution in [-0.2, 0) is 16.3 Å². The number of nitrogens with zero attached hydrogens (tertiary/aromatic N) is 4. The van der Waals surface area contributed by atoms with Crippen LogP contribution in [0.15, 0.2) is 89.4 Å². The summed E-state index contributed by atoms with van der Waals surface area (Å²) in [5, 5.41) is 0.465. The minimum atomic E-state index is -3.78. The molecule has 5 rings (SSSR count). The Morgan fingerprint density at radius 1 is 0.938 bits per heavy atom. The first kappa shape index (κ1) is 20.4. The summed E-state index contributed by atoms with van der Waals surface area (Å²) in [6, 6.07) is 13.5.